The molecule has 3 aromatic rings. The van der Waals surface area contributed by atoms with Crippen LogP contribution in [-0.2, 0) is 6.61 Å². The molecule has 1 heterocycles. The maximum absolute atomic E-state index is 13.8. The van der Waals surface area contributed by atoms with Gasteiger partial charge in [0.25, 0.3) is 5.69 Å². The number of benzene rings is 2. The van der Waals surface area contributed by atoms with Crippen molar-refractivity contribution in [1.29, 1.82) is 0 Å². The zero-order valence-electron chi connectivity index (χ0n) is 12.6. The Balaban J connectivity index is 1.92. The number of nitro groups is 1. The van der Waals surface area contributed by atoms with Crippen molar-refractivity contribution in [1.82, 2.24) is 0 Å². The van der Waals surface area contributed by atoms with Crippen molar-refractivity contribution in [2.45, 2.75) is 13.5 Å². The highest BCUT2D eigenvalue weighted by molar-refractivity contribution is 5.81. The molecule has 7 heteroatoms. The third-order valence-corrected chi connectivity index (χ3v) is 3.60. The lowest BCUT2D eigenvalue weighted by Crippen LogP contribution is -2.04. The summed E-state index contributed by atoms with van der Waals surface area (Å²) >= 11 is 0. The summed E-state index contributed by atoms with van der Waals surface area (Å²) in [5.41, 5.74) is 0.117. The third-order valence-electron chi connectivity index (χ3n) is 3.60. The monoisotopic (exact) mass is 329 g/mol. The number of aryl methyl sites for hydroxylation is 1. The van der Waals surface area contributed by atoms with Gasteiger partial charge in [-0.3, -0.25) is 10.1 Å². The predicted molar refractivity (Wildman–Crippen MR) is 84.6 cm³/mol. The zero-order valence-corrected chi connectivity index (χ0v) is 12.6. The molecule has 0 spiro atoms. The van der Waals surface area contributed by atoms with E-state index in [1.54, 1.807) is 19.1 Å². The average Bonchev–Trinajstić information content (AvgIpc) is 2.52. The highest BCUT2D eigenvalue weighted by atomic mass is 19.1. The van der Waals surface area contributed by atoms with Gasteiger partial charge in [-0.05, 0) is 30.7 Å². The van der Waals surface area contributed by atoms with Crippen molar-refractivity contribution >= 4 is 16.7 Å². The molecule has 0 fully saturated rings. The molecular formula is C17H12FNO5. The molecule has 0 aliphatic heterocycles. The van der Waals surface area contributed by atoms with E-state index in [2.05, 4.69) is 0 Å². The number of ether oxygens (including phenoxy) is 1. The van der Waals surface area contributed by atoms with Crippen LogP contribution in [0.5, 0.6) is 5.75 Å². The van der Waals surface area contributed by atoms with Gasteiger partial charge in [-0.15, -0.1) is 0 Å². The van der Waals surface area contributed by atoms with Crippen molar-refractivity contribution in [3.8, 4) is 5.75 Å². The van der Waals surface area contributed by atoms with Crippen molar-refractivity contribution in [3.05, 3.63) is 79.9 Å². The van der Waals surface area contributed by atoms with E-state index < -0.39 is 16.4 Å². The van der Waals surface area contributed by atoms with Gasteiger partial charge in [0.05, 0.1) is 4.92 Å². The summed E-state index contributed by atoms with van der Waals surface area (Å²) in [5, 5.41) is 11.7. The fourth-order valence-electron chi connectivity index (χ4n) is 2.41. The van der Waals surface area contributed by atoms with Crippen LogP contribution in [0.2, 0.25) is 0 Å². The van der Waals surface area contributed by atoms with Gasteiger partial charge < -0.3 is 9.15 Å². The number of hydrogen-bond donors (Lipinski definition) is 0. The van der Waals surface area contributed by atoms with Gasteiger partial charge in [-0.1, -0.05) is 6.07 Å². The lowest BCUT2D eigenvalue weighted by atomic mass is 10.1. The molecule has 3 rings (SSSR count). The number of fused-ring (bicyclic) bond motifs is 1. The summed E-state index contributed by atoms with van der Waals surface area (Å²) in [4.78, 5) is 21.7. The standard InChI is InChI=1S/C17H12FNO5/c1-10-7-17(20)24-16-8-11(5-6-12(10)16)23-9-13-14(18)3-2-4-15(13)19(21)22/h2-8H,9H2,1H3. The van der Waals surface area contributed by atoms with E-state index in [0.29, 0.717) is 11.3 Å². The summed E-state index contributed by atoms with van der Waals surface area (Å²) < 4.78 is 24.4. The largest absolute Gasteiger partial charge is 0.488 e. The van der Waals surface area contributed by atoms with Crippen LogP contribution in [0.4, 0.5) is 10.1 Å². The van der Waals surface area contributed by atoms with E-state index in [-0.39, 0.29) is 17.9 Å². The first-order valence-electron chi connectivity index (χ1n) is 7.05. The molecule has 0 amide bonds. The van der Waals surface area contributed by atoms with E-state index in [9.17, 15) is 19.3 Å². The van der Waals surface area contributed by atoms with Gasteiger partial charge >= 0.3 is 5.63 Å². The lowest BCUT2D eigenvalue weighted by Gasteiger charge is -2.09. The zero-order chi connectivity index (χ0) is 17.3. The minimum atomic E-state index is -0.715. The molecule has 0 aliphatic rings. The maximum atomic E-state index is 13.8. The second kappa shape index (κ2) is 6.11. The van der Waals surface area contributed by atoms with Crippen LogP contribution in [0.25, 0.3) is 11.0 Å². The first kappa shape index (κ1) is 15.7. The normalized spacial score (nSPS) is 10.8. The molecule has 0 N–H and O–H groups in total. The van der Waals surface area contributed by atoms with Crippen molar-refractivity contribution in [2.75, 3.05) is 0 Å². The Kier molecular flexibility index (Phi) is 3.99. The molecule has 0 atom stereocenters. The molecule has 0 saturated heterocycles. The van der Waals surface area contributed by atoms with Crippen LogP contribution in [0, 0.1) is 22.9 Å². The minimum absolute atomic E-state index is 0.145. The van der Waals surface area contributed by atoms with Crippen LogP contribution in [0.3, 0.4) is 0 Å². The Morgan fingerprint density at radius 1 is 1.25 bits per heavy atom. The topological polar surface area (TPSA) is 82.6 Å². The van der Waals surface area contributed by atoms with Crippen LogP contribution in [0.1, 0.15) is 11.1 Å². The van der Waals surface area contributed by atoms with E-state index >= 15 is 0 Å². The van der Waals surface area contributed by atoms with E-state index in [0.717, 1.165) is 17.0 Å². The molecule has 0 bridgehead atoms. The minimum Gasteiger partial charge on any atom is -0.488 e. The maximum Gasteiger partial charge on any atom is 0.336 e. The molecule has 1 aromatic heterocycles. The average molecular weight is 329 g/mol. The summed E-state index contributed by atoms with van der Waals surface area (Å²) in [5.74, 6) is -0.402. The molecule has 2 aromatic carbocycles. The lowest BCUT2D eigenvalue weighted by molar-refractivity contribution is -0.386. The highest BCUT2D eigenvalue weighted by Crippen LogP contribution is 2.26. The number of hydrogen-bond acceptors (Lipinski definition) is 5. The summed E-state index contributed by atoms with van der Waals surface area (Å²) in [6.45, 7) is 1.47. The molecular weight excluding hydrogens is 317 g/mol. The fraction of sp³-hybridized carbons (Fsp3) is 0.118. The Morgan fingerprint density at radius 3 is 2.79 bits per heavy atom. The Hall–Kier alpha value is -3.22. The first-order valence-corrected chi connectivity index (χ1v) is 7.05. The predicted octanol–water partition coefficient (Wildman–Crippen LogP) is 3.73. The number of rotatable bonds is 4. The summed E-state index contributed by atoms with van der Waals surface area (Å²) in [6.07, 6.45) is 0. The van der Waals surface area contributed by atoms with E-state index in [4.69, 9.17) is 9.15 Å². The molecule has 0 unspecified atom stereocenters. The fourth-order valence-corrected chi connectivity index (χ4v) is 2.41. The molecule has 0 saturated carbocycles. The Labute approximate surface area is 135 Å². The van der Waals surface area contributed by atoms with Crippen LogP contribution in [0.15, 0.2) is 51.7 Å². The summed E-state index contributed by atoms with van der Waals surface area (Å²) in [6, 6.07) is 9.83. The van der Waals surface area contributed by atoms with Crippen LogP contribution >= 0.6 is 0 Å². The van der Waals surface area contributed by atoms with Gasteiger partial charge in [0.2, 0.25) is 0 Å². The summed E-state index contributed by atoms with van der Waals surface area (Å²) in [7, 11) is 0. The molecule has 24 heavy (non-hydrogen) atoms. The van der Waals surface area contributed by atoms with Crippen molar-refractivity contribution in [2.24, 2.45) is 0 Å². The first-order chi connectivity index (χ1) is 11.5. The second-order valence-corrected chi connectivity index (χ2v) is 5.19. The molecule has 0 radical (unpaired) electrons. The van der Waals surface area contributed by atoms with Crippen molar-refractivity contribution < 1.29 is 18.5 Å². The number of nitro benzene ring substituents is 1. The van der Waals surface area contributed by atoms with Gasteiger partial charge in [-0.25, -0.2) is 9.18 Å². The highest BCUT2D eigenvalue weighted by Gasteiger charge is 2.18. The van der Waals surface area contributed by atoms with E-state index in [1.165, 1.54) is 24.3 Å². The van der Waals surface area contributed by atoms with Crippen LogP contribution < -0.4 is 10.4 Å². The quantitative estimate of drug-likeness (QED) is 0.414. The van der Waals surface area contributed by atoms with Gasteiger partial charge in [-0.2, -0.15) is 0 Å². The van der Waals surface area contributed by atoms with Crippen LogP contribution in [-0.4, -0.2) is 4.92 Å². The second-order valence-electron chi connectivity index (χ2n) is 5.19. The molecule has 6 nitrogen and oxygen atoms in total. The third kappa shape index (κ3) is 2.96. The van der Waals surface area contributed by atoms with Gasteiger partial charge in [0.15, 0.2) is 0 Å². The smallest absolute Gasteiger partial charge is 0.336 e. The number of nitrogens with zero attached hydrogens (tertiary/aromatic N) is 1. The molecule has 0 aliphatic carbocycles. The Morgan fingerprint density at radius 2 is 2.04 bits per heavy atom. The van der Waals surface area contributed by atoms with Crippen molar-refractivity contribution in [3.63, 3.8) is 0 Å². The Bertz CT molecular complexity index is 996. The van der Waals surface area contributed by atoms with E-state index in [1.807, 2.05) is 0 Å². The SMILES string of the molecule is Cc1cc(=O)oc2cc(OCc3c(F)cccc3[N+](=O)[O-])ccc12. The number of halogens is 1. The molecule has 122 valence electrons. The van der Waals surface area contributed by atoms with Gasteiger partial charge in [0.1, 0.15) is 29.3 Å². The van der Waals surface area contributed by atoms with Gasteiger partial charge in [0, 0.05) is 23.6 Å².